The molecule has 1 heterocycles. The number of hydrogen-bond acceptors (Lipinski definition) is 3. The normalized spacial score (nSPS) is 15.5. The van der Waals surface area contributed by atoms with Gasteiger partial charge in [-0.3, -0.25) is 9.69 Å². The molecule has 0 atom stereocenters. The summed E-state index contributed by atoms with van der Waals surface area (Å²) in [5, 5.41) is 0. The van der Waals surface area contributed by atoms with Crippen molar-refractivity contribution in [1.29, 1.82) is 0 Å². The van der Waals surface area contributed by atoms with Crippen molar-refractivity contribution in [1.82, 2.24) is 4.90 Å². The van der Waals surface area contributed by atoms with Crippen LogP contribution in [0.3, 0.4) is 0 Å². The van der Waals surface area contributed by atoms with Gasteiger partial charge < -0.3 is 10.5 Å². The van der Waals surface area contributed by atoms with Gasteiger partial charge in [-0.15, -0.1) is 0 Å². The van der Waals surface area contributed by atoms with Gasteiger partial charge in [-0.25, -0.2) is 0 Å². The van der Waals surface area contributed by atoms with Crippen molar-refractivity contribution >= 4 is 5.91 Å². The Hall–Kier alpha value is -2.17. The third-order valence-corrected chi connectivity index (χ3v) is 4.26. The van der Waals surface area contributed by atoms with E-state index in [4.69, 9.17) is 10.5 Å². The van der Waals surface area contributed by atoms with Crippen molar-refractivity contribution in [2.75, 3.05) is 26.3 Å². The summed E-state index contributed by atoms with van der Waals surface area (Å²) in [5.41, 5.74) is 10.6. The van der Waals surface area contributed by atoms with Crippen LogP contribution >= 0.6 is 0 Å². The summed E-state index contributed by atoms with van der Waals surface area (Å²) in [5.74, 6) is -0.388. The van der Waals surface area contributed by atoms with E-state index in [1.54, 1.807) is 6.07 Å². The number of ether oxygens (including phenoxy) is 1. The standard InChI is InChI=1S/C19H22N2O2/c1-14-11-17(19(20)22)5-6-18(14)16-4-2-3-15(12-16)13-21-7-9-23-10-8-21/h2-6,11-12H,7-10,13H2,1H3,(H2,20,22). The molecule has 0 spiro atoms. The molecule has 1 saturated heterocycles. The Kier molecular flexibility index (Phi) is 4.74. The lowest BCUT2D eigenvalue weighted by Crippen LogP contribution is -2.35. The molecule has 1 amide bonds. The SMILES string of the molecule is Cc1cc(C(N)=O)ccc1-c1cccc(CN2CCOCC2)c1. The lowest BCUT2D eigenvalue weighted by molar-refractivity contribution is 0.0342. The van der Waals surface area contributed by atoms with E-state index in [1.807, 2.05) is 19.1 Å². The molecule has 1 aliphatic heterocycles. The molecule has 0 aromatic heterocycles. The summed E-state index contributed by atoms with van der Waals surface area (Å²) < 4.78 is 5.40. The van der Waals surface area contributed by atoms with Crippen LogP contribution in [0, 0.1) is 6.92 Å². The first-order valence-corrected chi connectivity index (χ1v) is 7.93. The van der Waals surface area contributed by atoms with Gasteiger partial charge in [0, 0.05) is 25.2 Å². The molecule has 4 nitrogen and oxygen atoms in total. The Morgan fingerprint density at radius 3 is 2.65 bits per heavy atom. The number of benzene rings is 2. The molecule has 1 fully saturated rings. The van der Waals surface area contributed by atoms with E-state index in [1.165, 1.54) is 11.1 Å². The molecule has 2 aromatic rings. The highest BCUT2D eigenvalue weighted by atomic mass is 16.5. The Bertz CT molecular complexity index is 706. The van der Waals surface area contributed by atoms with Gasteiger partial charge in [0.25, 0.3) is 0 Å². The maximum Gasteiger partial charge on any atom is 0.248 e. The lowest BCUT2D eigenvalue weighted by Gasteiger charge is -2.26. The van der Waals surface area contributed by atoms with E-state index in [0.29, 0.717) is 5.56 Å². The fraction of sp³-hybridized carbons (Fsp3) is 0.316. The second kappa shape index (κ2) is 6.94. The molecule has 3 rings (SSSR count). The molecule has 0 radical (unpaired) electrons. The van der Waals surface area contributed by atoms with E-state index in [2.05, 4.69) is 29.2 Å². The zero-order valence-electron chi connectivity index (χ0n) is 13.4. The van der Waals surface area contributed by atoms with Crippen molar-refractivity contribution in [2.45, 2.75) is 13.5 Å². The number of carbonyl (C=O) groups excluding carboxylic acids is 1. The van der Waals surface area contributed by atoms with Crippen LogP contribution in [0.2, 0.25) is 0 Å². The number of primary amides is 1. The van der Waals surface area contributed by atoms with Crippen molar-refractivity contribution < 1.29 is 9.53 Å². The molecule has 1 aliphatic rings. The number of amides is 1. The second-order valence-electron chi connectivity index (χ2n) is 5.98. The lowest BCUT2D eigenvalue weighted by atomic mass is 9.97. The van der Waals surface area contributed by atoms with E-state index in [9.17, 15) is 4.79 Å². The zero-order chi connectivity index (χ0) is 16.2. The third kappa shape index (κ3) is 3.78. The van der Waals surface area contributed by atoms with E-state index >= 15 is 0 Å². The molecule has 4 heteroatoms. The summed E-state index contributed by atoms with van der Waals surface area (Å²) in [6, 6.07) is 14.2. The maximum absolute atomic E-state index is 11.3. The van der Waals surface area contributed by atoms with Gasteiger partial charge in [-0.1, -0.05) is 24.3 Å². The summed E-state index contributed by atoms with van der Waals surface area (Å²) in [7, 11) is 0. The number of hydrogen-bond donors (Lipinski definition) is 1. The summed E-state index contributed by atoms with van der Waals surface area (Å²) in [6.07, 6.45) is 0. The number of carbonyl (C=O) groups is 1. The topological polar surface area (TPSA) is 55.6 Å². The first kappa shape index (κ1) is 15.7. The highest BCUT2D eigenvalue weighted by Gasteiger charge is 2.12. The predicted octanol–water partition coefficient (Wildman–Crippen LogP) is 2.59. The number of nitrogens with two attached hydrogens (primary N) is 1. The molecule has 0 unspecified atom stereocenters. The number of rotatable bonds is 4. The van der Waals surface area contributed by atoms with Gasteiger partial charge in [0.2, 0.25) is 5.91 Å². The first-order chi connectivity index (χ1) is 11.1. The first-order valence-electron chi connectivity index (χ1n) is 7.93. The Labute approximate surface area is 136 Å². The fourth-order valence-electron chi connectivity index (χ4n) is 3.00. The van der Waals surface area contributed by atoms with Crippen molar-refractivity contribution in [3.8, 4) is 11.1 Å². The molecule has 120 valence electrons. The second-order valence-corrected chi connectivity index (χ2v) is 5.98. The van der Waals surface area contributed by atoms with Crippen molar-refractivity contribution in [2.24, 2.45) is 5.73 Å². The molecule has 0 bridgehead atoms. The minimum Gasteiger partial charge on any atom is -0.379 e. The minimum absolute atomic E-state index is 0.388. The predicted molar refractivity (Wildman–Crippen MR) is 91.2 cm³/mol. The Morgan fingerprint density at radius 2 is 1.96 bits per heavy atom. The van der Waals surface area contributed by atoms with Crippen LogP contribution in [0.15, 0.2) is 42.5 Å². The molecule has 2 N–H and O–H groups in total. The number of aryl methyl sites for hydroxylation is 1. The van der Waals surface area contributed by atoms with Crippen LogP contribution in [-0.4, -0.2) is 37.1 Å². The van der Waals surface area contributed by atoms with Gasteiger partial charge in [0.1, 0.15) is 0 Å². The molecule has 0 saturated carbocycles. The van der Waals surface area contributed by atoms with E-state index in [-0.39, 0.29) is 5.91 Å². The Morgan fingerprint density at radius 1 is 1.17 bits per heavy atom. The summed E-state index contributed by atoms with van der Waals surface area (Å²) >= 11 is 0. The van der Waals surface area contributed by atoms with Gasteiger partial charge in [-0.05, 0) is 47.4 Å². The van der Waals surface area contributed by atoms with Gasteiger partial charge in [0.05, 0.1) is 13.2 Å². The maximum atomic E-state index is 11.3. The highest BCUT2D eigenvalue weighted by Crippen LogP contribution is 2.25. The molecule has 23 heavy (non-hydrogen) atoms. The van der Waals surface area contributed by atoms with Crippen LogP contribution in [0.5, 0.6) is 0 Å². The smallest absolute Gasteiger partial charge is 0.248 e. The van der Waals surface area contributed by atoms with Crippen LogP contribution in [0.1, 0.15) is 21.5 Å². The molecular formula is C19H22N2O2. The number of nitrogens with zero attached hydrogens (tertiary/aromatic N) is 1. The average molecular weight is 310 g/mol. The van der Waals surface area contributed by atoms with Crippen LogP contribution < -0.4 is 5.73 Å². The monoisotopic (exact) mass is 310 g/mol. The highest BCUT2D eigenvalue weighted by molar-refractivity contribution is 5.93. The summed E-state index contributed by atoms with van der Waals surface area (Å²) in [6.45, 7) is 6.54. The van der Waals surface area contributed by atoms with Crippen LogP contribution in [0.25, 0.3) is 11.1 Å². The molecule has 0 aliphatic carbocycles. The quantitative estimate of drug-likeness (QED) is 0.944. The van der Waals surface area contributed by atoms with Crippen molar-refractivity contribution in [3.63, 3.8) is 0 Å². The van der Waals surface area contributed by atoms with Gasteiger partial charge in [-0.2, -0.15) is 0 Å². The minimum atomic E-state index is -0.388. The number of morpholine rings is 1. The van der Waals surface area contributed by atoms with E-state index < -0.39 is 0 Å². The molecule has 2 aromatic carbocycles. The fourth-order valence-corrected chi connectivity index (χ4v) is 3.00. The average Bonchev–Trinajstić information content (AvgIpc) is 2.56. The zero-order valence-corrected chi connectivity index (χ0v) is 13.4. The van der Waals surface area contributed by atoms with Crippen LogP contribution in [-0.2, 0) is 11.3 Å². The largest absolute Gasteiger partial charge is 0.379 e. The van der Waals surface area contributed by atoms with Gasteiger partial charge in [0.15, 0.2) is 0 Å². The Balaban J connectivity index is 1.83. The molecular weight excluding hydrogens is 288 g/mol. The summed E-state index contributed by atoms with van der Waals surface area (Å²) in [4.78, 5) is 13.7. The van der Waals surface area contributed by atoms with Crippen LogP contribution in [0.4, 0.5) is 0 Å². The van der Waals surface area contributed by atoms with E-state index in [0.717, 1.165) is 44.0 Å². The third-order valence-electron chi connectivity index (χ3n) is 4.26. The van der Waals surface area contributed by atoms with Gasteiger partial charge >= 0.3 is 0 Å². The van der Waals surface area contributed by atoms with Crippen molar-refractivity contribution in [3.05, 3.63) is 59.2 Å².